The van der Waals surface area contributed by atoms with E-state index in [2.05, 4.69) is 14.2 Å². The molecular weight excluding hydrogens is 494 g/mol. The number of carbonyl (C=O) groups excluding carboxylic acids is 3. The smallest absolute Gasteiger partial charge is 0.345 e. The fraction of sp³-hybridized carbons (Fsp3) is 0.550. The van der Waals surface area contributed by atoms with Gasteiger partial charge in [-0.25, -0.2) is 0 Å². The Morgan fingerprint density at radius 1 is 0.829 bits per heavy atom. The normalized spacial score (nSPS) is 14.1. The molecule has 0 saturated carbocycles. The Bertz CT molecular complexity index is 788. The first-order valence-electron chi connectivity index (χ1n) is 9.98. The molecule has 198 valence electrons. The van der Waals surface area contributed by atoms with Crippen molar-refractivity contribution in [2.24, 2.45) is 11.7 Å². The Kier molecular flexibility index (Phi) is 13.9. The number of ketones is 1. The second-order valence-corrected chi connectivity index (χ2v) is 6.91. The monoisotopic (exact) mass is 518 g/mol. The van der Waals surface area contributed by atoms with Gasteiger partial charge in [0.25, 0.3) is 0 Å². The summed E-state index contributed by atoms with van der Waals surface area (Å²) in [5.74, 6) is -5.03. The second kappa shape index (κ2) is 16.0. The number of hydrogen-bond donors (Lipinski definition) is 2. The van der Waals surface area contributed by atoms with Crippen molar-refractivity contribution < 1.29 is 59.7 Å². The van der Waals surface area contributed by atoms with Crippen LogP contribution in [-0.2, 0) is 39.9 Å². The van der Waals surface area contributed by atoms with Crippen LogP contribution < -0.4 is 11.1 Å². The van der Waals surface area contributed by atoms with Crippen LogP contribution in [0.15, 0.2) is 30.3 Å². The third-order valence-electron chi connectivity index (χ3n) is 4.26. The molecule has 0 aliphatic carbocycles. The molecule has 1 aromatic rings. The average molecular weight is 518 g/mol. The van der Waals surface area contributed by atoms with Gasteiger partial charge in [0, 0.05) is 6.42 Å². The van der Waals surface area contributed by atoms with Crippen LogP contribution in [0.25, 0.3) is 0 Å². The molecule has 0 saturated heterocycles. The molecule has 0 fully saturated rings. The summed E-state index contributed by atoms with van der Waals surface area (Å²) in [6.07, 6.45) is -0.874. The fourth-order valence-corrected chi connectivity index (χ4v) is 2.55. The van der Waals surface area contributed by atoms with Gasteiger partial charge in [0.1, 0.15) is 18.7 Å². The summed E-state index contributed by atoms with van der Waals surface area (Å²) in [7, 11) is 0. The van der Waals surface area contributed by atoms with E-state index in [9.17, 15) is 40.7 Å². The number of nitrogens with two attached hydrogens (primary N) is 1. The van der Waals surface area contributed by atoms with Gasteiger partial charge in [0.05, 0.1) is 25.7 Å². The minimum atomic E-state index is -3.35. The molecule has 3 N–H and O–H groups in total. The number of carbonyl (C=O) groups is 3. The minimum Gasteiger partial charge on any atom is -0.461 e. The zero-order chi connectivity index (χ0) is 26.4. The third kappa shape index (κ3) is 13.1. The molecule has 0 unspecified atom stereocenters. The number of amides is 1. The molecular formula is C20H24F6N2O7. The number of nitrogens with one attached hydrogen (secondary N) is 1. The van der Waals surface area contributed by atoms with Crippen molar-refractivity contribution in [2.75, 3.05) is 19.8 Å². The molecule has 1 aromatic carbocycles. The van der Waals surface area contributed by atoms with Crippen LogP contribution >= 0.6 is 0 Å². The zero-order valence-corrected chi connectivity index (χ0v) is 18.1. The van der Waals surface area contributed by atoms with E-state index in [0.29, 0.717) is 5.56 Å². The molecule has 9 nitrogen and oxygen atoms in total. The van der Waals surface area contributed by atoms with Crippen LogP contribution in [0.3, 0.4) is 0 Å². The maximum Gasteiger partial charge on any atom is 0.345 e. The Morgan fingerprint density at radius 2 is 1.37 bits per heavy atom. The highest BCUT2D eigenvalue weighted by Gasteiger charge is 2.31. The Balaban J connectivity index is 2.87. The number of halogens is 6. The standard InChI is InChI=1S/C20H24F6N2O7/c21-18(22)33-8-12(17(31)32-7-11-4-2-1-3-5-11)6-15(29)14(10-35-20(25)26)28-16(30)13(27)9-34-19(23)24/h1-5,12-14,18-20H,6-10,27H2,(H,28,30)/t12-,13-,14-/m0/s1. The Labute approximate surface area is 195 Å². The summed E-state index contributed by atoms with van der Waals surface area (Å²) in [6, 6.07) is 4.68. The molecule has 0 aliphatic heterocycles. The predicted molar refractivity (Wildman–Crippen MR) is 105 cm³/mol. The van der Waals surface area contributed by atoms with E-state index in [1.807, 2.05) is 5.32 Å². The van der Waals surface area contributed by atoms with Gasteiger partial charge in [-0.2, -0.15) is 26.3 Å². The van der Waals surface area contributed by atoms with Gasteiger partial charge >= 0.3 is 25.8 Å². The van der Waals surface area contributed by atoms with Crippen molar-refractivity contribution in [1.29, 1.82) is 0 Å². The van der Waals surface area contributed by atoms with Gasteiger partial charge in [-0.1, -0.05) is 30.3 Å². The van der Waals surface area contributed by atoms with Crippen molar-refractivity contribution in [2.45, 2.75) is 44.9 Å². The van der Waals surface area contributed by atoms with Crippen molar-refractivity contribution in [3.63, 3.8) is 0 Å². The number of ether oxygens (including phenoxy) is 4. The number of esters is 1. The molecule has 3 atom stereocenters. The summed E-state index contributed by atoms with van der Waals surface area (Å²) in [6.45, 7) is -13.2. The number of Topliss-reactive ketones (excluding diaryl/α,β-unsaturated/α-hetero) is 1. The van der Waals surface area contributed by atoms with Gasteiger partial charge in [-0.3, -0.25) is 14.4 Å². The molecule has 0 aromatic heterocycles. The summed E-state index contributed by atoms with van der Waals surface area (Å²) >= 11 is 0. The lowest BCUT2D eigenvalue weighted by molar-refractivity contribution is -0.167. The maximum absolute atomic E-state index is 12.6. The fourth-order valence-electron chi connectivity index (χ4n) is 2.55. The number of benzene rings is 1. The zero-order valence-electron chi connectivity index (χ0n) is 18.1. The van der Waals surface area contributed by atoms with Crippen LogP contribution in [0, 0.1) is 5.92 Å². The number of hydrogen-bond acceptors (Lipinski definition) is 8. The van der Waals surface area contributed by atoms with Crippen LogP contribution in [0.5, 0.6) is 0 Å². The summed E-state index contributed by atoms with van der Waals surface area (Å²) < 4.78 is 91.2. The van der Waals surface area contributed by atoms with E-state index in [-0.39, 0.29) is 6.61 Å². The minimum absolute atomic E-state index is 0.257. The van der Waals surface area contributed by atoms with Crippen LogP contribution in [0.4, 0.5) is 26.3 Å². The first kappa shape index (κ1) is 30.3. The van der Waals surface area contributed by atoms with Gasteiger partial charge in [-0.05, 0) is 5.56 Å². The maximum atomic E-state index is 12.6. The van der Waals surface area contributed by atoms with Crippen molar-refractivity contribution in [3.8, 4) is 0 Å². The molecule has 0 bridgehead atoms. The van der Waals surface area contributed by atoms with Crippen molar-refractivity contribution in [1.82, 2.24) is 5.32 Å². The highest BCUT2D eigenvalue weighted by atomic mass is 19.3. The number of rotatable bonds is 17. The lowest BCUT2D eigenvalue weighted by atomic mass is 9.99. The predicted octanol–water partition coefficient (Wildman–Crippen LogP) is 1.83. The molecule has 0 heterocycles. The molecule has 15 heteroatoms. The number of alkyl halides is 6. The molecule has 0 aliphatic rings. The van der Waals surface area contributed by atoms with E-state index in [4.69, 9.17) is 10.5 Å². The lowest BCUT2D eigenvalue weighted by Crippen LogP contribution is -2.52. The van der Waals surface area contributed by atoms with Gasteiger partial charge in [-0.15, -0.1) is 0 Å². The SMILES string of the molecule is N[C@@H](COC(F)F)C(=O)N[C@@H](COC(F)F)C(=O)C[C@@H](COC(F)F)C(=O)OCc1ccccc1. The van der Waals surface area contributed by atoms with Gasteiger partial charge < -0.3 is 30.0 Å². The van der Waals surface area contributed by atoms with Gasteiger partial charge in [0.2, 0.25) is 5.91 Å². The van der Waals surface area contributed by atoms with E-state index in [1.54, 1.807) is 30.3 Å². The molecule has 0 radical (unpaired) electrons. The van der Waals surface area contributed by atoms with Crippen molar-refractivity contribution in [3.05, 3.63) is 35.9 Å². The van der Waals surface area contributed by atoms with Crippen LogP contribution in [0.2, 0.25) is 0 Å². The van der Waals surface area contributed by atoms with E-state index in [0.717, 1.165) is 0 Å². The highest BCUT2D eigenvalue weighted by molar-refractivity contribution is 5.93. The Hall–Kier alpha value is -2.75. The summed E-state index contributed by atoms with van der Waals surface area (Å²) in [5, 5.41) is 1.92. The average Bonchev–Trinajstić information content (AvgIpc) is 2.81. The lowest BCUT2D eigenvalue weighted by Gasteiger charge is -2.22. The molecule has 1 rings (SSSR count). The first-order valence-corrected chi connectivity index (χ1v) is 9.98. The van der Waals surface area contributed by atoms with Crippen LogP contribution in [-0.4, -0.2) is 69.4 Å². The van der Waals surface area contributed by atoms with E-state index >= 15 is 0 Å². The van der Waals surface area contributed by atoms with E-state index in [1.165, 1.54) is 0 Å². The van der Waals surface area contributed by atoms with Gasteiger partial charge in [0.15, 0.2) is 5.78 Å². The summed E-state index contributed by atoms with van der Waals surface area (Å²) in [5.41, 5.74) is 5.90. The second-order valence-electron chi connectivity index (χ2n) is 6.91. The first-order chi connectivity index (χ1) is 16.5. The summed E-state index contributed by atoms with van der Waals surface area (Å²) in [4.78, 5) is 37.1. The largest absolute Gasteiger partial charge is 0.461 e. The topological polar surface area (TPSA) is 126 Å². The molecule has 1 amide bonds. The highest BCUT2D eigenvalue weighted by Crippen LogP contribution is 2.14. The van der Waals surface area contributed by atoms with E-state index < -0.39 is 81.7 Å². The molecule has 0 spiro atoms. The molecule has 35 heavy (non-hydrogen) atoms. The Morgan fingerprint density at radius 3 is 1.94 bits per heavy atom. The third-order valence-corrected chi connectivity index (χ3v) is 4.26. The van der Waals surface area contributed by atoms with Crippen LogP contribution in [0.1, 0.15) is 12.0 Å². The van der Waals surface area contributed by atoms with Crippen molar-refractivity contribution >= 4 is 17.7 Å². The quantitative estimate of drug-likeness (QED) is 0.236.